The number of benzene rings is 2. The first-order chi connectivity index (χ1) is 9.54. The zero-order valence-corrected chi connectivity index (χ0v) is 12.5. The first-order valence-corrected chi connectivity index (χ1v) is 7.19. The summed E-state index contributed by atoms with van der Waals surface area (Å²) >= 11 is 5.73. The number of anilines is 1. The van der Waals surface area contributed by atoms with E-state index in [1.54, 1.807) is 12.1 Å². The van der Waals surface area contributed by atoms with Crippen molar-refractivity contribution in [2.24, 2.45) is 5.92 Å². The minimum atomic E-state index is -0.325. The van der Waals surface area contributed by atoms with Crippen LogP contribution in [-0.2, 0) is 13.0 Å². The molecule has 1 N–H and O–H groups in total. The Kier molecular flexibility index (Phi) is 5.02. The highest BCUT2D eigenvalue weighted by molar-refractivity contribution is 6.30. The molecule has 3 heteroatoms. The molecule has 0 fully saturated rings. The van der Waals surface area contributed by atoms with E-state index in [1.165, 1.54) is 11.6 Å². The van der Waals surface area contributed by atoms with Crippen LogP contribution in [-0.4, -0.2) is 0 Å². The van der Waals surface area contributed by atoms with Crippen LogP contribution in [0, 0.1) is 11.7 Å². The molecule has 0 radical (unpaired) electrons. The Morgan fingerprint density at radius 1 is 1.05 bits per heavy atom. The van der Waals surface area contributed by atoms with E-state index >= 15 is 0 Å². The first kappa shape index (κ1) is 14.9. The van der Waals surface area contributed by atoms with Crippen LogP contribution in [0.4, 0.5) is 10.1 Å². The van der Waals surface area contributed by atoms with Crippen LogP contribution >= 0.6 is 11.6 Å². The van der Waals surface area contributed by atoms with E-state index in [-0.39, 0.29) is 5.82 Å². The summed E-state index contributed by atoms with van der Waals surface area (Å²) in [5, 5.41) is 3.49. The monoisotopic (exact) mass is 291 g/mol. The molecule has 0 aromatic heterocycles. The molecule has 0 aliphatic heterocycles. The Labute approximate surface area is 124 Å². The Hall–Kier alpha value is -1.54. The lowest BCUT2D eigenvalue weighted by molar-refractivity contribution is 0.630. The van der Waals surface area contributed by atoms with Crippen LogP contribution in [0.3, 0.4) is 0 Å². The Balaban J connectivity index is 1.96. The largest absolute Gasteiger partial charge is 0.379 e. The SMILES string of the molecule is CC(C)Cc1ccc(CNc2ccc(Cl)cc2F)cc1. The average molecular weight is 292 g/mol. The summed E-state index contributed by atoms with van der Waals surface area (Å²) < 4.78 is 13.6. The molecular formula is C17H19ClFN. The summed E-state index contributed by atoms with van der Waals surface area (Å²) in [7, 11) is 0. The van der Waals surface area contributed by atoms with Crippen molar-refractivity contribution in [2.45, 2.75) is 26.8 Å². The summed E-state index contributed by atoms with van der Waals surface area (Å²) in [4.78, 5) is 0. The molecule has 106 valence electrons. The quantitative estimate of drug-likeness (QED) is 0.789. The van der Waals surface area contributed by atoms with Crippen LogP contribution in [0.25, 0.3) is 0 Å². The second-order valence-electron chi connectivity index (χ2n) is 5.39. The summed E-state index contributed by atoms with van der Waals surface area (Å²) in [5.41, 5.74) is 2.94. The number of halogens is 2. The minimum absolute atomic E-state index is 0.325. The highest BCUT2D eigenvalue weighted by Gasteiger charge is 2.03. The summed E-state index contributed by atoms with van der Waals surface area (Å²) in [6.45, 7) is 5.01. The Bertz CT molecular complexity index is 564. The maximum Gasteiger partial charge on any atom is 0.147 e. The number of hydrogen-bond acceptors (Lipinski definition) is 1. The molecule has 0 saturated heterocycles. The zero-order valence-electron chi connectivity index (χ0n) is 11.8. The second kappa shape index (κ2) is 6.76. The molecule has 0 aliphatic carbocycles. The van der Waals surface area contributed by atoms with Gasteiger partial charge in [-0.25, -0.2) is 4.39 Å². The van der Waals surface area contributed by atoms with Crippen molar-refractivity contribution in [1.29, 1.82) is 0 Å². The van der Waals surface area contributed by atoms with Gasteiger partial charge >= 0.3 is 0 Å². The normalized spacial score (nSPS) is 10.8. The van der Waals surface area contributed by atoms with E-state index in [2.05, 4.69) is 43.4 Å². The molecule has 0 aliphatic rings. The van der Waals surface area contributed by atoms with Crippen molar-refractivity contribution < 1.29 is 4.39 Å². The summed E-state index contributed by atoms with van der Waals surface area (Å²) in [6, 6.07) is 13.1. The molecule has 0 heterocycles. The van der Waals surface area contributed by atoms with Gasteiger partial charge in [-0.2, -0.15) is 0 Å². The molecule has 0 unspecified atom stereocenters. The predicted octanol–water partition coefficient (Wildman–Crippen LogP) is 5.29. The van der Waals surface area contributed by atoms with Crippen molar-refractivity contribution in [2.75, 3.05) is 5.32 Å². The lowest BCUT2D eigenvalue weighted by atomic mass is 10.0. The highest BCUT2D eigenvalue weighted by atomic mass is 35.5. The number of hydrogen-bond donors (Lipinski definition) is 1. The molecule has 0 bridgehead atoms. The second-order valence-corrected chi connectivity index (χ2v) is 5.83. The van der Waals surface area contributed by atoms with Gasteiger partial charge in [0.1, 0.15) is 5.82 Å². The lowest BCUT2D eigenvalue weighted by Gasteiger charge is -2.09. The molecule has 2 aromatic carbocycles. The van der Waals surface area contributed by atoms with Gasteiger partial charge in [0.2, 0.25) is 0 Å². The van der Waals surface area contributed by atoms with Gasteiger partial charge in [-0.05, 0) is 41.7 Å². The maximum absolute atomic E-state index is 13.6. The molecule has 20 heavy (non-hydrogen) atoms. The van der Waals surface area contributed by atoms with Crippen LogP contribution < -0.4 is 5.32 Å². The van der Waals surface area contributed by atoms with Gasteiger partial charge in [0.25, 0.3) is 0 Å². The molecule has 2 aromatic rings. The van der Waals surface area contributed by atoms with Gasteiger partial charge in [-0.1, -0.05) is 49.7 Å². The van der Waals surface area contributed by atoms with E-state index in [1.807, 2.05) is 0 Å². The smallest absolute Gasteiger partial charge is 0.147 e. The predicted molar refractivity (Wildman–Crippen MR) is 83.7 cm³/mol. The van der Waals surface area contributed by atoms with E-state index in [0.717, 1.165) is 12.0 Å². The van der Waals surface area contributed by atoms with E-state index in [4.69, 9.17) is 11.6 Å². The fraction of sp³-hybridized carbons (Fsp3) is 0.294. The van der Waals surface area contributed by atoms with Crippen molar-refractivity contribution in [3.63, 3.8) is 0 Å². The van der Waals surface area contributed by atoms with Gasteiger partial charge in [0.05, 0.1) is 5.69 Å². The van der Waals surface area contributed by atoms with Gasteiger partial charge < -0.3 is 5.32 Å². The van der Waals surface area contributed by atoms with E-state index in [0.29, 0.717) is 23.2 Å². The zero-order chi connectivity index (χ0) is 14.5. The van der Waals surface area contributed by atoms with Crippen LogP contribution in [0.15, 0.2) is 42.5 Å². The average Bonchev–Trinajstić information content (AvgIpc) is 2.39. The van der Waals surface area contributed by atoms with Crippen LogP contribution in [0.2, 0.25) is 5.02 Å². The topological polar surface area (TPSA) is 12.0 Å². The minimum Gasteiger partial charge on any atom is -0.379 e. The molecular weight excluding hydrogens is 273 g/mol. The molecule has 1 nitrogen and oxygen atoms in total. The van der Waals surface area contributed by atoms with Crippen molar-refractivity contribution in [1.82, 2.24) is 0 Å². The van der Waals surface area contributed by atoms with E-state index in [9.17, 15) is 4.39 Å². The van der Waals surface area contributed by atoms with Crippen molar-refractivity contribution in [3.05, 3.63) is 64.4 Å². The molecule has 0 atom stereocenters. The third-order valence-electron chi connectivity index (χ3n) is 3.08. The number of rotatable bonds is 5. The van der Waals surface area contributed by atoms with Gasteiger partial charge in [0.15, 0.2) is 0 Å². The molecule has 2 rings (SSSR count). The first-order valence-electron chi connectivity index (χ1n) is 6.81. The number of nitrogens with one attached hydrogen (secondary N) is 1. The summed E-state index contributed by atoms with van der Waals surface area (Å²) in [5.74, 6) is 0.330. The van der Waals surface area contributed by atoms with Crippen molar-refractivity contribution >= 4 is 17.3 Å². The summed E-state index contributed by atoms with van der Waals surface area (Å²) in [6.07, 6.45) is 1.08. The van der Waals surface area contributed by atoms with E-state index < -0.39 is 0 Å². The maximum atomic E-state index is 13.6. The highest BCUT2D eigenvalue weighted by Crippen LogP contribution is 2.19. The fourth-order valence-electron chi connectivity index (χ4n) is 2.09. The molecule has 0 saturated carbocycles. The standard InChI is InChI=1S/C17H19ClFN/c1-12(2)9-13-3-5-14(6-4-13)11-20-17-8-7-15(18)10-16(17)19/h3-8,10,12,20H,9,11H2,1-2H3. The molecule has 0 spiro atoms. The van der Waals surface area contributed by atoms with Crippen LogP contribution in [0.5, 0.6) is 0 Å². The Morgan fingerprint density at radius 2 is 1.70 bits per heavy atom. The van der Waals surface area contributed by atoms with Crippen molar-refractivity contribution in [3.8, 4) is 0 Å². The molecule has 0 amide bonds. The van der Waals surface area contributed by atoms with Gasteiger partial charge in [-0.15, -0.1) is 0 Å². The third-order valence-corrected chi connectivity index (χ3v) is 3.32. The lowest BCUT2D eigenvalue weighted by Crippen LogP contribution is -2.02. The van der Waals surface area contributed by atoms with Crippen LogP contribution in [0.1, 0.15) is 25.0 Å². The van der Waals surface area contributed by atoms with Gasteiger partial charge in [-0.3, -0.25) is 0 Å². The fourth-order valence-corrected chi connectivity index (χ4v) is 2.25. The third kappa shape index (κ3) is 4.24. The Morgan fingerprint density at radius 3 is 2.30 bits per heavy atom. The van der Waals surface area contributed by atoms with Gasteiger partial charge in [0, 0.05) is 11.6 Å².